The Hall–Kier alpha value is -0.940. The second kappa shape index (κ2) is 7.18. The third-order valence-electron chi connectivity index (χ3n) is 4.07. The van der Waals surface area contributed by atoms with Crippen molar-refractivity contribution in [1.82, 2.24) is 15.5 Å². The first-order valence-corrected chi connectivity index (χ1v) is 7.78. The Kier molecular flexibility index (Phi) is 5.54. The predicted molar refractivity (Wildman–Crippen MR) is 77.5 cm³/mol. The molecule has 20 heavy (non-hydrogen) atoms. The van der Waals surface area contributed by atoms with Crippen molar-refractivity contribution in [2.24, 2.45) is 0 Å². The van der Waals surface area contributed by atoms with E-state index in [1.54, 1.807) is 7.11 Å². The van der Waals surface area contributed by atoms with E-state index >= 15 is 0 Å². The summed E-state index contributed by atoms with van der Waals surface area (Å²) in [4.78, 5) is 4.57. The van der Waals surface area contributed by atoms with Crippen LogP contribution in [0.5, 0.6) is 0 Å². The molecule has 0 atom stereocenters. The van der Waals surface area contributed by atoms with Gasteiger partial charge in [0.15, 0.2) is 0 Å². The molecule has 0 aliphatic heterocycles. The summed E-state index contributed by atoms with van der Waals surface area (Å²) in [5.41, 5.74) is -0.330. The van der Waals surface area contributed by atoms with Crippen LogP contribution in [0.25, 0.3) is 0 Å². The highest BCUT2D eigenvalue weighted by Gasteiger charge is 2.37. The highest BCUT2D eigenvalue weighted by molar-refractivity contribution is 5.03. The summed E-state index contributed by atoms with van der Waals surface area (Å²) >= 11 is 0. The largest absolute Gasteiger partial charge is 0.370 e. The summed E-state index contributed by atoms with van der Waals surface area (Å²) in [6, 6.07) is 0.476. The van der Waals surface area contributed by atoms with Crippen LogP contribution in [0.3, 0.4) is 0 Å². The average Bonchev–Trinajstić information content (AvgIpc) is 2.76. The molecule has 5 heteroatoms. The Morgan fingerprint density at radius 2 is 1.95 bits per heavy atom. The Morgan fingerprint density at radius 3 is 2.55 bits per heavy atom. The summed E-state index contributed by atoms with van der Waals surface area (Å²) in [5.74, 6) is 1.44. The van der Waals surface area contributed by atoms with Crippen LogP contribution in [-0.2, 0) is 16.8 Å². The van der Waals surface area contributed by atoms with E-state index in [1.165, 1.54) is 25.7 Å². The van der Waals surface area contributed by atoms with Gasteiger partial charge in [-0.1, -0.05) is 44.7 Å². The summed E-state index contributed by atoms with van der Waals surface area (Å²) in [6.45, 7) is 5.12. The summed E-state index contributed by atoms with van der Waals surface area (Å²) in [6.07, 6.45) is 7.64. The van der Waals surface area contributed by atoms with Crippen molar-refractivity contribution in [2.75, 3.05) is 13.7 Å². The van der Waals surface area contributed by atoms with E-state index in [0.29, 0.717) is 11.9 Å². The molecule has 1 N–H and O–H groups in total. The lowest BCUT2D eigenvalue weighted by atomic mass is 9.93. The Morgan fingerprint density at radius 1 is 1.25 bits per heavy atom. The lowest BCUT2D eigenvalue weighted by molar-refractivity contribution is -0.0365. The number of hydrogen-bond donors (Lipinski definition) is 1. The van der Waals surface area contributed by atoms with E-state index in [4.69, 9.17) is 9.26 Å². The molecule has 1 aliphatic carbocycles. The van der Waals surface area contributed by atoms with Gasteiger partial charge in [-0.05, 0) is 12.8 Å². The molecular weight excluding hydrogens is 254 g/mol. The van der Waals surface area contributed by atoms with Crippen LogP contribution in [0.1, 0.15) is 64.1 Å². The van der Waals surface area contributed by atoms with Gasteiger partial charge in [-0.15, -0.1) is 0 Å². The van der Waals surface area contributed by atoms with Crippen molar-refractivity contribution >= 4 is 0 Å². The van der Waals surface area contributed by atoms with E-state index in [0.717, 1.165) is 31.6 Å². The molecule has 0 saturated heterocycles. The first-order chi connectivity index (χ1) is 9.66. The standard InChI is InChI=1S/C15H27N3O2/c1-12(2)16-11-8-13-17-14(18-20-13)15(19-3)9-6-4-5-7-10-15/h12,16H,4-11H2,1-3H3. The van der Waals surface area contributed by atoms with Crippen molar-refractivity contribution in [3.63, 3.8) is 0 Å². The minimum Gasteiger partial charge on any atom is -0.370 e. The predicted octanol–water partition coefficient (Wildman–Crippen LogP) is 2.81. The van der Waals surface area contributed by atoms with Gasteiger partial charge in [0.05, 0.1) is 0 Å². The fourth-order valence-corrected chi connectivity index (χ4v) is 2.83. The summed E-state index contributed by atoms with van der Waals surface area (Å²) in [7, 11) is 1.77. The highest BCUT2D eigenvalue weighted by atomic mass is 16.5. The maximum Gasteiger partial charge on any atom is 0.228 e. The fourth-order valence-electron chi connectivity index (χ4n) is 2.83. The van der Waals surface area contributed by atoms with E-state index in [2.05, 4.69) is 29.3 Å². The van der Waals surface area contributed by atoms with Crippen LogP contribution in [0.15, 0.2) is 4.52 Å². The Labute approximate surface area is 121 Å². The summed E-state index contributed by atoms with van der Waals surface area (Å²) < 4.78 is 11.2. The lowest BCUT2D eigenvalue weighted by Crippen LogP contribution is -2.29. The number of nitrogens with one attached hydrogen (secondary N) is 1. The van der Waals surface area contributed by atoms with E-state index in [-0.39, 0.29) is 5.60 Å². The van der Waals surface area contributed by atoms with Crippen molar-refractivity contribution in [1.29, 1.82) is 0 Å². The van der Waals surface area contributed by atoms with E-state index < -0.39 is 0 Å². The van der Waals surface area contributed by atoms with Gasteiger partial charge in [0.1, 0.15) is 5.60 Å². The van der Waals surface area contributed by atoms with Gasteiger partial charge in [0.2, 0.25) is 11.7 Å². The maximum absolute atomic E-state index is 5.80. The third kappa shape index (κ3) is 3.79. The zero-order chi connectivity index (χ0) is 14.4. The number of hydrogen-bond acceptors (Lipinski definition) is 5. The van der Waals surface area contributed by atoms with Crippen LogP contribution in [0, 0.1) is 0 Å². The summed E-state index contributed by atoms with van der Waals surface area (Å²) in [5, 5.41) is 7.54. The number of ether oxygens (including phenoxy) is 1. The molecule has 1 aromatic rings. The van der Waals surface area contributed by atoms with Crippen molar-refractivity contribution in [3.05, 3.63) is 11.7 Å². The first-order valence-electron chi connectivity index (χ1n) is 7.78. The molecule has 0 amide bonds. The van der Waals surface area contributed by atoms with Gasteiger partial charge in [-0.25, -0.2) is 0 Å². The van der Waals surface area contributed by atoms with Crippen LogP contribution in [0.2, 0.25) is 0 Å². The fraction of sp³-hybridized carbons (Fsp3) is 0.867. The van der Waals surface area contributed by atoms with Crippen LogP contribution < -0.4 is 5.32 Å². The molecule has 1 fully saturated rings. The van der Waals surface area contributed by atoms with Gasteiger partial charge in [0.25, 0.3) is 0 Å². The third-order valence-corrected chi connectivity index (χ3v) is 4.07. The monoisotopic (exact) mass is 281 g/mol. The second-order valence-electron chi connectivity index (χ2n) is 5.98. The Bertz CT molecular complexity index is 396. The average molecular weight is 281 g/mol. The smallest absolute Gasteiger partial charge is 0.228 e. The van der Waals surface area contributed by atoms with E-state index in [9.17, 15) is 0 Å². The number of rotatable bonds is 6. The lowest BCUT2D eigenvalue weighted by Gasteiger charge is -2.27. The SMILES string of the molecule is COC1(c2noc(CCNC(C)C)n2)CCCCCC1. The van der Waals surface area contributed by atoms with E-state index in [1.807, 2.05) is 0 Å². The zero-order valence-electron chi connectivity index (χ0n) is 12.9. The van der Waals surface area contributed by atoms with Gasteiger partial charge in [-0.3, -0.25) is 0 Å². The van der Waals surface area contributed by atoms with Crippen molar-refractivity contribution in [3.8, 4) is 0 Å². The number of methoxy groups -OCH3 is 1. The van der Waals surface area contributed by atoms with Crippen LogP contribution in [0.4, 0.5) is 0 Å². The minimum absolute atomic E-state index is 0.330. The molecule has 0 bridgehead atoms. The molecule has 114 valence electrons. The van der Waals surface area contributed by atoms with Crippen molar-refractivity contribution < 1.29 is 9.26 Å². The minimum atomic E-state index is -0.330. The highest BCUT2D eigenvalue weighted by Crippen LogP contribution is 2.37. The second-order valence-corrected chi connectivity index (χ2v) is 5.98. The van der Waals surface area contributed by atoms with Crippen LogP contribution >= 0.6 is 0 Å². The molecular formula is C15H27N3O2. The number of nitrogens with zero attached hydrogens (tertiary/aromatic N) is 2. The molecule has 0 unspecified atom stereocenters. The molecule has 5 nitrogen and oxygen atoms in total. The Balaban J connectivity index is 2.01. The van der Waals surface area contributed by atoms with Gasteiger partial charge in [0, 0.05) is 26.1 Å². The van der Waals surface area contributed by atoms with Crippen molar-refractivity contribution in [2.45, 2.75) is 70.4 Å². The van der Waals surface area contributed by atoms with Gasteiger partial charge >= 0.3 is 0 Å². The maximum atomic E-state index is 5.80. The zero-order valence-corrected chi connectivity index (χ0v) is 12.9. The van der Waals surface area contributed by atoms with Crippen LogP contribution in [-0.4, -0.2) is 29.8 Å². The molecule has 1 aliphatic rings. The number of aromatic nitrogens is 2. The molecule has 0 spiro atoms. The molecule has 1 heterocycles. The topological polar surface area (TPSA) is 60.2 Å². The first kappa shape index (κ1) is 15.4. The molecule has 2 rings (SSSR count). The normalized spacial score (nSPS) is 19.2. The van der Waals surface area contributed by atoms with Gasteiger partial charge in [-0.2, -0.15) is 4.98 Å². The molecule has 0 aromatic carbocycles. The molecule has 1 aromatic heterocycles. The quantitative estimate of drug-likeness (QED) is 0.812. The molecule has 1 saturated carbocycles. The molecule has 0 radical (unpaired) electrons. The van der Waals surface area contributed by atoms with Gasteiger partial charge < -0.3 is 14.6 Å².